The van der Waals surface area contributed by atoms with Crippen molar-refractivity contribution in [1.82, 2.24) is 20.2 Å². The number of nitrogens with zero attached hydrogens (tertiary/aromatic N) is 2. The molecule has 1 saturated carbocycles. The Morgan fingerprint density at radius 2 is 2.37 bits per heavy atom. The second-order valence-corrected chi connectivity index (χ2v) is 4.40. The predicted octanol–water partition coefficient (Wildman–Crippen LogP) is 0.710. The molecule has 0 saturated heterocycles. The van der Waals surface area contributed by atoms with Crippen LogP contribution in [0.3, 0.4) is 0 Å². The van der Waals surface area contributed by atoms with Crippen LogP contribution in [0.2, 0.25) is 0 Å². The van der Waals surface area contributed by atoms with E-state index in [9.17, 15) is 9.59 Å². The zero-order valence-electron chi connectivity index (χ0n) is 10.0. The predicted molar refractivity (Wildman–Crippen MR) is 61.4 cm³/mol. The van der Waals surface area contributed by atoms with E-state index in [-0.39, 0.29) is 18.1 Å². The van der Waals surface area contributed by atoms with Gasteiger partial charge in [0.05, 0.1) is 0 Å². The fourth-order valence-corrected chi connectivity index (χ4v) is 1.81. The second kappa shape index (κ2) is 4.71. The van der Waals surface area contributed by atoms with Crippen molar-refractivity contribution in [3.05, 3.63) is 34.2 Å². The van der Waals surface area contributed by atoms with Crippen LogP contribution in [0, 0.1) is 0 Å². The van der Waals surface area contributed by atoms with Crippen LogP contribution in [0.5, 0.6) is 0 Å². The standard InChI is InChI=1S/C11H12N4O4/c16-10(19-5-8-13-11(17)15-14-8)7-4-18-9(12-7)6-2-1-3-6/h4,6H,1-3,5H2,(H2,13,14,15,17). The number of oxazole rings is 1. The highest BCUT2D eigenvalue weighted by Crippen LogP contribution is 2.35. The van der Waals surface area contributed by atoms with E-state index in [2.05, 4.69) is 20.2 Å². The third-order valence-electron chi connectivity index (χ3n) is 3.08. The fourth-order valence-electron chi connectivity index (χ4n) is 1.81. The average molecular weight is 264 g/mol. The van der Waals surface area contributed by atoms with Crippen LogP contribution in [0.15, 0.2) is 15.5 Å². The number of esters is 1. The molecule has 2 N–H and O–H groups in total. The first kappa shape index (κ1) is 11.7. The number of rotatable bonds is 4. The molecule has 0 atom stereocenters. The Morgan fingerprint density at radius 1 is 1.53 bits per heavy atom. The molecule has 1 aliphatic rings. The molecular formula is C11H12N4O4. The minimum atomic E-state index is -0.599. The van der Waals surface area contributed by atoms with E-state index in [1.165, 1.54) is 12.7 Å². The van der Waals surface area contributed by atoms with Crippen molar-refractivity contribution < 1.29 is 13.9 Å². The number of nitrogens with one attached hydrogen (secondary N) is 2. The Kier molecular flexibility index (Phi) is 2.90. The summed E-state index contributed by atoms with van der Waals surface area (Å²) in [6, 6.07) is 0. The lowest BCUT2D eigenvalue weighted by molar-refractivity contribution is 0.0455. The molecule has 0 unspecified atom stereocenters. The lowest BCUT2D eigenvalue weighted by atomic mass is 9.85. The first-order chi connectivity index (χ1) is 9.22. The lowest BCUT2D eigenvalue weighted by Crippen LogP contribution is -2.11. The van der Waals surface area contributed by atoms with Crippen LogP contribution in [0.1, 0.15) is 47.4 Å². The summed E-state index contributed by atoms with van der Waals surface area (Å²) in [4.78, 5) is 29.0. The molecular weight excluding hydrogens is 252 g/mol. The minimum absolute atomic E-state index is 0.122. The number of H-pyrrole nitrogens is 2. The van der Waals surface area contributed by atoms with Gasteiger partial charge in [0.1, 0.15) is 6.26 Å². The summed E-state index contributed by atoms with van der Waals surface area (Å²) < 4.78 is 10.2. The molecule has 0 radical (unpaired) electrons. The van der Waals surface area contributed by atoms with E-state index < -0.39 is 11.7 Å². The van der Waals surface area contributed by atoms with Gasteiger partial charge in [0.2, 0.25) is 0 Å². The van der Waals surface area contributed by atoms with Crippen LogP contribution >= 0.6 is 0 Å². The summed E-state index contributed by atoms with van der Waals surface area (Å²) >= 11 is 0. The largest absolute Gasteiger partial charge is 0.453 e. The molecule has 1 fully saturated rings. The van der Waals surface area contributed by atoms with Crippen LogP contribution in [0.25, 0.3) is 0 Å². The number of carbonyl (C=O) groups is 1. The Morgan fingerprint density at radius 3 is 3.00 bits per heavy atom. The molecule has 0 amide bonds. The first-order valence-corrected chi connectivity index (χ1v) is 5.98. The van der Waals surface area contributed by atoms with Crippen LogP contribution < -0.4 is 5.69 Å². The van der Waals surface area contributed by atoms with Gasteiger partial charge in [-0.2, -0.15) is 5.10 Å². The highest BCUT2D eigenvalue weighted by molar-refractivity contribution is 5.86. The summed E-state index contributed by atoms with van der Waals surface area (Å²) in [6.45, 7) is -0.122. The van der Waals surface area contributed by atoms with Gasteiger partial charge < -0.3 is 9.15 Å². The normalized spacial score (nSPS) is 15.2. The topological polar surface area (TPSA) is 114 Å². The van der Waals surface area contributed by atoms with Crippen LogP contribution in [0.4, 0.5) is 0 Å². The van der Waals surface area contributed by atoms with Crippen molar-refractivity contribution in [2.24, 2.45) is 0 Å². The average Bonchev–Trinajstić information content (AvgIpc) is 2.93. The van der Waals surface area contributed by atoms with Gasteiger partial charge in [-0.3, -0.25) is 4.98 Å². The maximum atomic E-state index is 11.7. The second-order valence-electron chi connectivity index (χ2n) is 4.40. The molecule has 0 aromatic carbocycles. The van der Waals surface area contributed by atoms with Gasteiger partial charge >= 0.3 is 11.7 Å². The Balaban J connectivity index is 1.60. The van der Waals surface area contributed by atoms with Gasteiger partial charge in [-0.1, -0.05) is 6.42 Å². The van der Waals surface area contributed by atoms with Crippen molar-refractivity contribution in [1.29, 1.82) is 0 Å². The van der Waals surface area contributed by atoms with Gasteiger partial charge in [0, 0.05) is 5.92 Å². The molecule has 0 aliphatic heterocycles. The quantitative estimate of drug-likeness (QED) is 0.786. The Hall–Kier alpha value is -2.38. The molecule has 0 spiro atoms. The Labute approximate surface area is 107 Å². The van der Waals surface area contributed by atoms with Gasteiger partial charge in [-0.25, -0.2) is 19.7 Å². The SMILES string of the molecule is O=C(OCc1n[nH]c(=O)[nH]1)c1coc(C2CCC2)n1. The molecule has 3 rings (SSSR count). The van der Waals surface area contributed by atoms with Gasteiger partial charge in [-0.05, 0) is 12.8 Å². The van der Waals surface area contributed by atoms with Crippen molar-refractivity contribution >= 4 is 5.97 Å². The van der Waals surface area contributed by atoms with Crippen molar-refractivity contribution in [3.63, 3.8) is 0 Å². The summed E-state index contributed by atoms with van der Waals surface area (Å²) in [5.74, 6) is 0.565. The third-order valence-corrected chi connectivity index (χ3v) is 3.08. The zero-order valence-corrected chi connectivity index (χ0v) is 10.0. The molecule has 1 aliphatic carbocycles. The van der Waals surface area contributed by atoms with E-state index in [0.29, 0.717) is 11.8 Å². The summed E-state index contributed by atoms with van der Waals surface area (Å²) in [5.41, 5.74) is -0.306. The maximum Gasteiger partial charge on any atom is 0.360 e. The van der Waals surface area contributed by atoms with E-state index in [1.54, 1.807) is 0 Å². The molecule has 100 valence electrons. The van der Waals surface area contributed by atoms with E-state index >= 15 is 0 Å². The van der Waals surface area contributed by atoms with Gasteiger partial charge in [0.25, 0.3) is 0 Å². The summed E-state index contributed by atoms with van der Waals surface area (Å²) in [5, 5.41) is 5.80. The van der Waals surface area contributed by atoms with Crippen molar-refractivity contribution in [2.75, 3.05) is 0 Å². The summed E-state index contributed by atoms with van der Waals surface area (Å²) in [6.07, 6.45) is 4.55. The third kappa shape index (κ3) is 2.42. The first-order valence-electron chi connectivity index (χ1n) is 5.98. The fraction of sp³-hybridized carbons (Fsp3) is 0.455. The number of hydrogen-bond acceptors (Lipinski definition) is 6. The Bertz CT molecular complexity index is 637. The van der Waals surface area contributed by atoms with E-state index in [1.807, 2.05) is 0 Å². The molecule has 2 heterocycles. The highest BCUT2D eigenvalue weighted by Gasteiger charge is 2.25. The zero-order chi connectivity index (χ0) is 13.2. The molecule has 2 aromatic rings. The molecule has 19 heavy (non-hydrogen) atoms. The van der Waals surface area contributed by atoms with E-state index in [4.69, 9.17) is 9.15 Å². The monoisotopic (exact) mass is 264 g/mol. The lowest BCUT2D eigenvalue weighted by Gasteiger charge is -2.21. The highest BCUT2D eigenvalue weighted by atomic mass is 16.5. The van der Waals surface area contributed by atoms with Crippen molar-refractivity contribution in [3.8, 4) is 0 Å². The number of hydrogen-bond donors (Lipinski definition) is 2. The molecule has 0 bridgehead atoms. The molecule has 8 heteroatoms. The number of aromatic nitrogens is 4. The molecule has 8 nitrogen and oxygen atoms in total. The van der Waals surface area contributed by atoms with Gasteiger partial charge in [-0.15, -0.1) is 0 Å². The smallest absolute Gasteiger partial charge is 0.360 e. The number of carbonyl (C=O) groups excluding carboxylic acids is 1. The van der Waals surface area contributed by atoms with Crippen LogP contribution in [-0.2, 0) is 11.3 Å². The van der Waals surface area contributed by atoms with Crippen LogP contribution in [-0.4, -0.2) is 26.1 Å². The molecule has 2 aromatic heterocycles. The van der Waals surface area contributed by atoms with Crippen molar-refractivity contribution in [2.45, 2.75) is 31.8 Å². The maximum absolute atomic E-state index is 11.7. The van der Waals surface area contributed by atoms with E-state index in [0.717, 1.165) is 12.8 Å². The number of ether oxygens (including phenoxy) is 1. The number of aromatic amines is 2. The minimum Gasteiger partial charge on any atom is -0.453 e. The summed E-state index contributed by atoms with van der Waals surface area (Å²) in [7, 11) is 0. The van der Waals surface area contributed by atoms with Gasteiger partial charge in [0.15, 0.2) is 24.0 Å².